The van der Waals surface area contributed by atoms with Crippen LogP contribution in [-0.4, -0.2) is 29.1 Å². The second kappa shape index (κ2) is 8.24. The predicted molar refractivity (Wildman–Crippen MR) is 90.8 cm³/mol. The molecule has 0 fully saturated rings. The molecule has 0 bridgehead atoms. The predicted octanol–water partition coefficient (Wildman–Crippen LogP) is 4.15. The summed E-state index contributed by atoms with van der Waals surface area (Å²) in [5.41, 5.74) is 2.36. The zero-order valence-corrected chi connectivity index (χ0v) is 14.3. The van der Waals surface area contributed by atoms with Gasteiger partial charge in [0.05, 0.1) is 6.61 Å². The molecule has 6 heteroatoms. The summed E-state index contributed by atoms with van der Waals surface area (Å²) in [4.78, 5) is 0. The van der Waals surface area contributed by atoms with Crippen LogP contribution in [0, 0.1) is 13.8 Å². The topological polar surface area (TPSA) is 47.0 Å². The van der Waals surface area contributed by atoms with Gasteiger partial charge in [0.25, 0.3) is 0 Å². The van der Waals surface area contributed by atoms with Crippen molar-refractivity contribution in [2.24, 2.45) is 0 Å². The maximum atomic E-state index is 5.88. The van der Waals surface area contributed by atoms with Gasteiger partial charge in [0, 0.05) is 12.3 Å². The average Bonchev–Trinajstić information content (AvgIpc) is 2.91. The molecule has 0 aliphatic rings. The van der Waals surface area contributed by atoms with Crippen LogP contribution in [0.5, 0.6) is 5.75 Å². The molecule has 1 aromatic heterocycles. The first-order chi connectivity index (χ1) is 10.2. The van der Waals surface area contributed by atoms with Crippen LogP contribution < -0.4 is 10.1 Å². The standard InChI is InChI=1S/C15H21N3OS2/c1-4-8-16-14-17-18-15(21-14)20-10-9-19-13-11(2)6-5-7-12(13)3/h5-7H,4,8-10H2,1-3H3,(H,16,17). The smallest absolute Gasteiger partial charge is 0.206 e. The number of nitrogens with zero attached hydrogens (tertiary/aromatic N) is 2. The lowest BCUT2D eigenvalue weighted by molar-refractivity contribution is 0.339. The van der Waals surface area contributed by atoms with E-state index < -0.39 is 0 Å². The molecule has 114 valence electrons. The summed E-state index contributed by atoms with van der Waals surface area (Å²) in [5, 5.41) is 12.4. The number of rotatable bonds is 8. The lowest BCUT2D eigenvalue weighted by Gasteiger charge is -2.11. The van der Waals surface area contributed by atoms with Crippen LogP contribution in [0.25, 0.3) is 0 Å². The molecule has 0 spiro atoms. The van der Waals surface area contributed by atoms with E-state index in [9.17, 15) is 0 Å². The molecule has 0 amide bonds. The highest BCUT2D eigenvalue weighted by atomic mass is 32.2. The van der Waals surface area contributed by atoms with Gasteiger partial charge < -0.3 is 10.1 Å². The quantitative estimate of drug-likeness (QED) is 0.584. The van der Waals surface area contributed by atoms with Gasteiger partial charge in [-0.1, -0.05) is 48.2 Å². The number of aromatic nitrogens is 2. The molecular weight excluding hydrogens is 302 g/mol. The van der Waals surface area contributed by atoms with E-state index in [0.717, 1.165) is 33.9 Å². The Labute approximate surface area is 134 Å². The van der Waals surface area contributed by atoms with Crippen molar-refractivity contribution in [3.05, 3.63) is 29.3 Å². The van der Waals surface area contributed by atoms with Gasteiger partial charge in [0.1, 0.15) is 5.75 Å². The molecule has 0 aliphatic heterocycles. The van der Waals surface area contributed by atoms with Gasteiger partial charge in [-0.05, 0) is 31.4 Å². The number of thioether (sulfide) groups is 1. The first-order valence-electron chi connectivity index (χ1n) is 7.10. The number of para-hydroxylation sites is 1. The summed E-state index contributed by atoms with van der Waals surface area (Å²) in [6, 6.07) is 6.20. The third kappa shape index (κ3) is 4.89. The summed E-state index contributed by atoms with van der Waals surface area (Å²) in [6.07, 6.45) is 1.09. The van der Waals surface area contributed by atoms with Crippen molar-refractivity contribution in [2.75, 3.05) is 24.2 Å². The summed E-state index contributed by atoms with van der Waals surface area (Å²) in [7, 11) is 0. The minimum absolute atomic E-state index is 0.674. The van der Waals surface area contributed by atoms with Crippen LogP contribution in [-0.2, 0) is 0 Å². The van der Waals surface area contributed by atoms with Gasteiger partial charge in [-0.25, -0.2) is 0 Å². The highest BCUT2D eigenvalue weighted by Gasteiger charge is 2.06. The Bertz CT molecular complexity index is 552. The second-order valence-corrected chi connectivity index (χ2v) is 7.04. The van der Waals surface area contributed by atoms with Gasteiger partial charge in [0.2, 0.25) is 5.13 Å². The van der Waals surface area contributed by atoms with Gasteiger partial charge in [-0.3, -0.25) is 0 Å². The summed E-state index contributed by atoms with van der Waals surface area (Å²) >= 11 is 3.29. The van der Waals surface area contributed by atoms with Crippen LogP contribution in [0.3, 0.4) is 0 Å². The van der Waals surface area contributed by atoms with E-state index >= 15 is 0 Å². The molecule has 4 nitrogen and oxygen atoms in total. The monoisotopic (exact) mass is 323 g/mol. The van der Waals surface area contributed by atoms with Crippen LogP contribution in [0.2, 0.25) is 0 Å². The first-order valence-corrected chi connectivity index (χ1v) is 8.90. The number of anilines is 1. The maximum Gasteiger partial charge on any atom is 0.206 e. The third-order valence-corrected chi connectivity index (χ3v) is 4.88. The minimum atomic E-state index is 0.674. The Morgan fingerprint density at radius 3 is 2.71 bits per heavy atom. The van der Waals surface area contributed by atoms with Crippen molar-refractivity contribution in [1.29, 1.82) is 0 Å². The van der Waals surface area contributed by atoms with Crippen LogP contribution >= 0.6 is 23.1 Å². The van der Waals surface area contributed by atoms with Crippen molar-refractivity contribution in [1.82, 2.24) is 10.2 Å². The molecule has 0 unspecified atom stereocenters. The van der Waals surface area contributed by atoms with Crippen molar-refractivity contribution in [3.63, 3.8) is 0 Å². The Balaban J connectivity index is 1.76. The van der Waals surface area contributed by atoms with Gasteiger partial charge in [-0.15, -0.1) is 10.2 Å². The van der Waals surface area contributed by atoms with E-state index in [1.807, 2.05) is 0 Å². The molecule has 2 rings (SSSR count). The SMILES string of the molecule is CCCNc1nnc(SCCOc2c(C)cccc2C)s1. The molecular formula is C15H21N3OS2. The van der Waals surface area contributed by atoms with Gasteiger partial charge >= 0.3 is 0 Å². The molecule has 1 aromatic carbocycles. The van der Waals surface area contributed by atoms with Crippen molar-refractivity contribution < 1.29 is 4.74 Å². The van der Waals surface area contributed by atoms with Crippen LogP contribution in [0.15, 0.2) is 22.5 Å². The Morgan fingerprint density at radius 1 is 1.24 bits per heavy atom. The van der Waals surface area contributed by atoms with Crippen molar-refractivity contribution >= 4 is 28.2 Å². The summed E-state index contributed by atoms with van der Waals surface area (Å²) < 4.78 is 6.87. The van der Waals surface area contributed by atoms with Crippen LogP contribution in [0.4, 0.5) is 5.13 Å². The Hall–Kier alpha value is -1.27. The highest BCUT2D eigenvalue weighted by molar-refractivity contribution is 8.01. The second-order valence-electron chi connectivity index (χ2n) is 4.72. The van der Waals surface area contributed by atoms with Gasteiger partial charge in [-0.2, -0.15) is 0 Å². The van der Waals surface area contributed by atoms with E-state index in [-0.39, 0.29) is 0 Å². The molecule has 0 saturated carbocycles. The molecule has 21 heavy (non-hydrogen) atoms. The Morgan fingerprint density at radius 2 is 2.00 bits per heavy atom. The van der Waals surface area contributed by atoms with Crippen molar-refractivity contribution in [3.8, 4) is 5.75 Å². The van der Waals surface area contributed by atoms with Crippen LogP contribution in [0.1, 0.15) is 24.5 Å². The third-order valence-electron chi connectivity index (χ3n) is 2.90. The molecule has 0 atom stereocenters. The van der Waals surface area contributed by atoms with E-state index in [1.54, 1.807) is 23.1 Å². The van der Waals surface area contributed by atoms with E-state index in [0.29, 0.717) is 6.61 Å². The number of hydrogen-bond acceptors (Lipinski definition) is 6. The number of benzene rings is 1. The average molecular weight is 323 g/mol. The molecule has 1 heterocycles. The fraction of sp³-hybridized carbons (Fsp3) is 0.467. The maximum absolute atomic E-state index is 5.88. The fourth-order valence-electron chi connectivity index (χ4n) is 1.87. The number of nitrogens with one attached hydrogen (secondary N) is 1. The van der Waals surface area contributed by atoms with E-state index in [1.165, 1.54) is 11.1 Å². The molecule has 0 radical (unpaired) electrons. The molecule has 0 aliphatic carbocycles. The lowest BCUT2D eigenvalue weighted by Crippen LogP contribution is -2.02. The summed E-state index contributed by atoms with van der Waals surface area (Å²) in [5.74, 6) is 1.87. The zero-order valence-electron chi connectivity index (χ0n) is 12.7. The molecule has 0 saturated heterocycles. The largest absolute Gasteiger partial charge is 0.492 e. The highest BCUT2D eigenvalue weighted by Crippen LogP contribution is 2.26. The summed E-state index contributed by atoms with van der Waals surface area (Å²) in [6.45, 7) is 7.90. The number of aryl methyl sites for hydroxylation is 2. The first kappa shape index (κ1) is 16.1. The normalized spacial score (nSPS) is 10.6. The fourth-order valence-corrected chi connectivity index (χ4v) is 3.54. The van der Waals surface area contributed by atoms with E-state index in [2.05, 4.69) is 54.5 Å². The van der Waals surface area contributed by atoms with Gasteiger partial charge in [0.15, 0.2) is 4.34 Å². The zero-order chi connectivity index (χ0) is 15.1. The number of hydrogen-bond donors (Lipinski definition) is 1. The van der Waals surface area contributed by atoms with E-state index in [4.69, 9.17) is 4.74 Å². The van der Waals surface area contributed by atoms with Crippen molar-refractivity contribution in [2.45, 2.75) is 31.5 Å². The number of ether oxygens (including phenoxy) is 1. The Kier molecular flexibility index (Phi) is 6.32. The molecule has 2 aromatic rings. The molecule has 1 N–H and O–H groups in total. The lowest BCUT2D eigenvalue weighted by atomic mass is 10.1. The minimum Gasteiger partial charge on any atom is -0.492 e.